The Morgan fingerprint density at radius 2 is 2.17 bits per heavy atom. The Morgan fingerprint density at radius 3 is 2.56 bits per heavy atom. The third-order valence-electron chi connectivity index (χ3n) is 4.68. The lowest BCUT2D eigenvalue weighted by Gasteiger charge is -2.29. The zero-order chi connectivity index (χ0) is 13.2. The van der Waals surface area contributed by atoms with Gasteiger partial charge in [-0.3, -0.25) is 0 Å². The minimum absolute atomic E-state index is 0.207. The van der Waals surface area contributed by atoms with E-state index in [0.717, 1.165) is 31.1 Å². The maximum atomic E-state index is 12.0. The van der Waals surface area contributed by atoms with Gasteiger partial charge in [0, 0.05) is 0 Å². The van der Waals surface area contributed by atoms with Gasteiger partial charge >= 0.3 is 12.0 Å². The fraction of sp³-hybridized carbons (Fsp3) is 0.733. The van der Waals surface area contributed by atoms with E-state index in [1.54, 1.807) is 6.92 Å². The van der Waals surface area contributed by atoms with E-state index in [-0.39, 0.29) is 11.4 Å². The Balaban J connectivity index is 2.20. The first-order valence-electron chi connectivity index (χ1n) is 6.81. The second-order valence-electron chi connectivity index (χ2n) is 5.64. The van der Waals surface area contributed by atoms with Crippen LogP contribution in [0, 0.1) is 23.8 Å². The number of allylic oxidation sites excluding steroid dienone is 1. The highest BCUT2D eigenvalue weighted by molar-refractivity contribution is 5.79. The van der Waals surface area contributed by atoms with Crippen molar-refractivity contribution in [3.05, 3.63) is 24.1 Å². The molecule has 0 aliphatic heterocycles. The second-order valence-corrected chi connectivity index (χ2v) is 5.64. The van der Waals surface area contributed by atoms with Crippen molar-refractivity contribution in [2.45, 2.75) is 45.1 Å². The van der Waals surface area contributed by atoms with Crippen LogP contribution < -0.4 is 0 Å². The largest absolute Gasteiger partial charge is 0.460 e. The summed E-state index contributed by atoms with van der Waals surface area (Å²) in [5.41, 5.74) is -0.207. The van der Waals surface area contributed by atoms with Crippen LogP contribution in [-0.4, -0.2) is 18.6 Å². The lowest BCUT2D eigenvalue weighted by Crippen LogP contribution is -2.38. The molecule has 3 heteroatoms. The van der Waals surface area contributed by atoms with Crippen LogP contribution in [0.3, 0.4) is 0 Å². The van der Waals surface area contributed by atoms with E-state index >= 15 is 0 Å². The highest BCUT2D eigenvalue weighted by Gasteiger charge is 2.58. The van der Waals surface area contributed by atoms with Crippen LogP contribution in [0.2, 0.25) is 0 Å². The molecule has 2 unspecified atom stereocenters. The van der Waals surface area contributed by atoms with Gasteiger partial charge in [0.15, 0.2) is 0 Å². The number of nitrogens with zero attached hydrogens (tertiary/aromatic N) is 1. The molecule has 0 aromatic heterocycles. The van der Waals surface area contributed by atoms with E-state index in [0.29, 0.717) is 6.61 Å². The van der Waals surface area contributed by atoms with Crippen molar-refractivity contribution in [1.29, 1.82) is 0 Å². The summed E-state index contributed by atoms with van der Waals surface area (Å²) in [6.45, 7) is 13.3. The lowest BCUT2D eigenvalue weighted by atomic mass is 9.75. The lowest BCUT2D eigenvalue weighted by molar-refractivity contribution is -0.146. The Hall–Kier alpha value is -1.30. The second kappa shape index (κ2) is 5.14. The van der Waals surface area contributed by atoms with E-state index < -0.39 is 6.04 Å². The van der Waals surface area contributed by atoms with Crippen LogP contribution in [0.5, 0.6) is 0 Å². The van der Waals surface area contributed by atoms with E-state index in [1.165, 1.54) is 12.8 Å². The molecular formula is C15H21NO2. The molecule has 0 bridgehead atoms. The van der Waals surface area contributed by atoms with Crippen molar-refractivity contribution < 1.29 is 9.53 Å². The van der Waals surface area contributed by atoms with E-state index in [1.807, 2.05) is 6.08 Å². The number of fused-ring (bicyclic) bond motifs is 1. The zero-order valence-corrected chi connectivity index (χ0v) is 11.0. The van der Waals surface area contributed by atoms with Gasteiger partial charge in [0.2, 0.25) is 0 Å². The Bertz CT molecular complexity index is 370. The Morgan fingerprint density at radius 1 is 1.56 bits per heavy atom. The van der Waals surface area contributed by atoms with Crippen LogP contribution in [0.1, 0.15) is 39.0 Å². The van der Waals surface area contributed by atoms with Gasteiger partial charge in [0.1, 0.15) is 0 Å². The maximum absolute atomic E-state index is 12.0. The van der Waals surface area contributed by atoms with Crippen molar-refractivity contribution in [2.24, 2.45) is 17.3 Å². The number of carbonyl (C=O) groups excluding carboxylic acids is 1. The normalized spacial score (nSPS) is 34.9. The molecule has 0 heterocycles. The number of rotatable bonds is 5. The molecule has 0 N–H and O–H groups in total. The van der Waals surface area contributed by atoms with Crippen LogP contribution in [0.15, 0.2) is 12.7 Å². The minimum Gasteiger partial charge on any atom is -0.460 e. The molecule has 2 fully saturated rings. The van der Waals surface area contributed by atoms with Gasteiger partial charge in [-0.05, 0) is 50.9 Å². The van der Waals surface area contributed by atoms with Crippen molar-refractivity contribution in [3.63, 3.8) is 0 Å². The number of hydrogen-bond donors (Lipinski definition) is 0. The number of ether oxygens (including phenoxy) is 1. The molecular weight excluding hydrogens is 226 g/mol. The predicted octanol–water partition coefficient (Wildman–Crippen LogP) is 3.22. The van der Waals surface area contributed by atoms with Gasteiger partial charge < -0.3 is 9.58 Å². The quantitative estimate of drug-likeness (QED) is 0.424. The third kappa shape index (κ3) is 2.05. The molecule has 0 radical (unpaired) electrons. The average Bonchev–Trinajstić information content (AvgIpc) is 2.56. The molecule has 2 aliphatic rings. The van der Waals surface area contributed by atoms with Crippen molar-refractivity contribution in [1.82, 2.24) is 0 Å². The summed E-state index contributed by atoms with van der Waals surface area (Å²) in [7, 11) is 0. The summed E-state index contributed by atoms with van der Waals surface area (Å²) in [5.74, 6) is 1.11. The summed E-state index contributed by atoms with van der Waals surface area (Å²) < 4.78 is 5.08. The molecule has 0 amide bonds. The van der Waals surface area contributed by atoms with Gasteiger partial charge in [-0.1, -0.05) is 6.08 Å². The van der Waals surface area contributed by atoms with E-state index in [9.17, 15) is 4.79 Å². The first-order chi connectivity index (χ1) is 8.66. The molecule has 2 rings (SSSR count). The molecule has 2 aliphatic carbocycles. The number of hydrogen-bond acceptors (Lipinski definition) is 2. The summed E-state index contributed by atoms with van der Waals surface area (Å²) in [6.07, 6.45) is 7.13. The molecule has 18 heavy (non-hydrogen) atoms. The van der Waals surface area contributed by atoms with Crippen molar-refractivity contribution >= 4 is 5.97 Å². The van der Waals surface area contributed by atoms with Crippen LogP contribution in [0.4, 0.5) is 0 Å². The molecule has 0 saturated heterocycles. The zero-order valence-electron chi connectivity index (χ0n) is 11.0. The number of esters is 1. The van der Waals surface area contributed by atoms with E-state index in [4.69, 9.17) is 11.3 Å². The van der Waals surface area contributed by atoms with Gasteiger partial charge in [-0.2, -0.15) is 0 Å². The van der Waals surface area contributed by atoms with Gasteiger partial charge in [0.05, 0.1) is 12.0 Å². The molecule has 3 nitrogen and oxygen atoms in total. The first kappa shape index (κ1) is 13.1. The maximum Gasteiger partial charge on any atom is 0.390 e. The Kier molecular flexibility index (Phi) is 3.75. The van der Waals surface area contributed by atoms with E-state index in [2.05, 4.69) is 11.4 Å². The summed E-state index contributed by atoms with van der Waals surface area (Å²) in [6, 6.07) is -0.638. The Labute approximate surface area is 109 Å². The fourth-order valence-corrected chi connectivity index (χ4v) is 3.75. The van der Waals surface area contributed by atoms with Crippen molar-refractivity contribution in [2.75, 3.05) is 6.61 Å². The van der Waals surface area contributed by atoms with Crippen molar-refractivity contribution in [3.8, 4) is 0 Å². The fourth-order valence-electron chi connectivity index (χ4n) is 3.75. The van der Waals surface area contributed by atoms with Crippen LogP contribution in [0.25, 0.3) is 4.85 Å². The van der Waals surface area contributed by atoms with Crippen LogP contribution in [-0.2, 0) is 9.53 Å². The minimum atomic E-state index is -0.638. The van der Waals surface area contributed by atoms with Crippen LogP contribution >= 0.6 is 0 Å². The number of carbonyl (C=O) groups is 1. The summed E-state index contributed by atoms with van der Waals surface area (Å²) in [4.78, 5) is 15.6. The summed E-state index contributed by atoms with van der Waals surface area (Å²) in [5, 5.41) is 0. The average molecular weight is 247 g/mol. The molecule has 98 valence electrons. The smallest absolute Gasteiger partial charge is 0.390 e. The topological polar surface area (TPSA) is 30.7 Å². The monoisotopic (exact) mass is 247 g/mol. The summed E-state index contributed by atoms with van der Waals surface area (Å²) >= 11 is 0. The molecule has 0 aromatic rings. The highest BCUT2D eigenvalue weighted by Crippen LogP contribution is 2.59. The van der Waals surface area contributed by atoms with Gasteiger partial charge in [0.25, 0.3) is 0 Å². The first-order valence-corrected chi connectivity index (χ1v) is 6.81. The standard InChI is InChI=1S/C15H21NO2/c1-4-8-15(9-11-6-7-12(11)10-15)13(16-3)14(17)18-5-2/h4,11-13H,1,5-10H2,2H3/t11-,12+,13?,15?. The third-order valence-corrected chi connectivity index (χ3v) is 4.68. The van der Waals surface area contributed by atoms with Gasteiger partial charge in [-0.15, -0.1) is 6.58 Å². The molecule has 0 spiro atoms. The SMILES string of the molecule is [C-]#[N+]C(C(=O)OCC)C1(CC=C)C[C@H]2CC[C@H]2C1. The molecule has 4 atom stereocenters. The molecule has 0 aromatic carbocycles. The highest BCUT2D eigenvalue weighted by atomic mass is 16.5. The predicted molar refractivity (Wildman–Crippen MR) is 69.7 cm³/mol. The molecule has 2 saturated carbocycles. The van der Waals surface area contributed by atoms with Gasteiger partial charge in [-0.25, -0.2) is 11.4 Å².